The van der Waals surface area contributed by atoms with Crippen LogP contribution in [0.5, 0.6) is 11.5 Å². The van der Waals surface area contributed by atoms with Gasteiger partial charge in [0.1, 0.15) is 17.3 Å². The minimum absolute atomic E-state index is 0.308. The molecular weight excluding hydrogens is 278 g/mol. The average molecular weight is 293 g/mol. The number of carbonyl (C=O) groups is 1. The number of benzene rings is 1. The van der Waals surface area contributed by atoms with Gasteiger partial charge in [0.2, 0.25) is 0 Å². The van der Waals surface area contributed by atoms with Crippen LogP contribution in [-0.2, 0) is 0 Å². The molecule has 0 atom stereocenters. The van der Waals surface area contributed by atoms with Crippen molar-refractivity contribution in [3.63, 3.8) is 0 Å². The molecular formula is C17H15N3O2. The Balaban J connectivity index is 2.14. The van der Waals surface area contributed by atoms with Gasteiger partial charge in [-0.15, -0.1) is 0 Å². The second-order valence-electron chi connectivity index (χ2n) is 4.22. The zero-order valence-electron chi connectivity index (χ0n) is 11.9. The van der Waals surface area contributed by atoms with E-state index in [0.717, 1.165) is 0 Å². The van der Waals surface area contributed by atoms with E-state index in [9.17, 15) is 4.79 Å². The van der Waals surface area contributed by atoms with Crippen molar-refractivity contribution in [3.05, 3.63) is 78.9 Å². The van der Waals surface area contributed by atoms with Gasteiger partial charge in [0, 0.05) is 11.8 Å². The Kier molecular flexibility index (Phi) is 5.20. The van der Waals surface area contributed by atoms with Crippen molar-refractivity contribution in [3.8, 4) is 11.5 Å². The van der Waals surface area contributed by atoms with Gasteiger partial charge in [-0.25, -0.2) is 4.99 Å². The summed E-state index contributed by atoms with van der Waals surface area (Å²) >= 11 is 0. The summed E-state index contributed by atoms with van der Waals surface area (Å²) in [6.07, 6.45) is 6.33. The van der Waals surface area contributed by atoms with Crippen LogP contribution in [0.1, 0.15) is 10.4 Å². The molecule has 1 N–H and O–H groups in total. The van der Waals surface area contributed by atoms with E-state index in [1.165, 1.54) is 6.08 Å². The molecule has 0 unspecified atom stereocenters. The predicted molar refractivity (Wildman–Crippen MR) is 86.0 cm³/mol. The summed E-state index contributed by atoms with van der Waals surface area (Å²) in [5.41, 5.74) is 0.444. The van der Waals surface area contributed by atoms with E-state index in [0.29, 0.717) is 22.9 Å². The van der Waals surface area contributed by atoms with Gasteiger partial charge in [-0.2, -0.15) is 0 Å². The van der Waals surface area contributed by atoms with Crippen LogP contribution in [-0.4, -0.2) is 17.6 Å². The topological polar surface area (TPSA) is 63.6 Å². The number of aromatic nitrogens is 1. The quantitative estimate of drug-likeness (QED) is 0.656. The van der Waals surface area contributed by atoms with Gasteiger partial charge in [0.05, 0.1) is 6.20 Å². The number of carbonyl (C=O) groups excluding carboxylic acids is 1. The molecule has 0 bridgehead atoms. The van der Waals surface area contributed by atoms with Crippen molar-refractivity contribution in [1.82, 2.24) is 10.3 Å². The summed E-state index contributed by atoms with van der Waals surface area (Å²) in [5.74, 6) is 1.16. The van der Waals surface area contributed by atoms with E-state index < -0.39 is 0 Å². The van der Waals surface area contributed by atoms with Crippen LogP contribution in [0, 0.1) is 0 Å². The lowest BCUT2D eigenvalue weighted by Crippen LogP contribution is -2.21. The smallest absolute Gasteiger partial charge is 0.256 e. The molecule has 2 rings (SSSR count). The van der Waals surface area contributed by atoms with E-state index in [-0.39, 0.29) is 5.91 Å². The van der Waals surface area contributed by atoms with Gasteiger partial charge in [-0.3, -0.25) is 9.78 Å². The molecule has 0 saturated carbocycles. The van der Waals surface area contributed by atoms with E-state index in [1.54, 1.807) is 54.9 Å². The molecule has 0 aliphatic carbocycles. The second-order valence-corrected chi connectivity index (χ2v) is 4.22. The van der Waals surface area contributed by atoms with Crippen molar-refractivity contribution >= 4 is 12.6 Å². The maximum absolute atomic E-state index is 12.2. The van der Waals surface area contributed by atoms with Crippen molar-refractivity contribution < 1.29 is 9.53 Å². The fourth-order valence-electron chi connectivity index (χ4n) is 1.68. The summed E-state index contributed by atoms with van der Waals surface area (Å²) in [5, 5.41) is 2.63. The molecule has 1 aromatic heterocycles. The summed E-state index contributed by atoms with van der Waals surface area (Å²) < 4.78 is 5.64. The van der Waals surface area contributed by atoms with Crippen molar-refractivity contribution in [2.24, 2.45) is 4.99 Å². The first-order chi connectivity index (χ1) is 10.7. The summed E-state index contributed by atoms with van der Waals surface area (Å²) in [4.78, 5) is 19.8. The molecule has 0 spiro atoms. The number of hydrogen-bond acceptors (Lipinski definition) is 4. The third kappa shape index (κ3) is 4.14. The molecule has 0 fully saturated rings. The Morgan fingerprint density at radius 3 is 2.77 bits per heavy atom. The highest BCUT2D eigenvalue weighted by molar-refractivity contribution is 5.95. The van der Waals surface area contributed by atoms with Crippen molar-refractivity contribution in [2.45, 2.75) is 0 Å². The van der Waals surface area contributed by atoms with Gasteiger partial charge in [0.15, 0.2) is 0 Å². The minimum atomic E-state index is -0.308. The summed E-state index contributed by atoms with van der Waals surface area (Å²) in [7, 11) is 0. The number of hydrogen-bond donors (Lipinski definition) is 1. The molecule has 0 aliphatic heterocycles. The first-order valence-electron chi connectivity index (χ1n) is 6.51. The second kappa shape index (κ2) is 7.54. The normalized spacial score (nSPS) is 10.6. The number of allylic oxidation sites excluding steroid dienone is 2. The monoisotopic (exact) mass is 293 g/mol. The molecule has 5 heteroatoms. The van der Waals surface area contributed by atoms with Gasteiger partial charge in [-0.1, -0.05) is 18.7 Å². The fourth-order valence-corrected chi connectivity index (χ4v) is 1.68. The number of aliphatic imine (C=N–C) groups is 1. The number of rotatable bonds is 6. The van der Waals surface area contributed by atoms with Crippen LogP contribution in [0.25, 0.3) is 0 Å². The largest absolute Gasteiger partial charge is 0.456 e. The van der Waals surface area contributed by atoms with Crippen LogP contribution in [0.2, 0.25) is 0 Å². The molecule has 0 radical (unpaired) electrons. The summed E-state index contributed by atoms with van der Waals surface area (Å²) in [6.45, 7) is 6.94. The van der Waals surface area contributed by atoms with E-state index in [2.05, 4.69) is 28.6 Å². The maximum atomic E-state index is 12.2. The van der Waals surface area contributed by atoms with Crippen LogP contribution in [0.3, 0.4) is 0 Å². The molecule has 110 valence electrons. The highest BCUT2D eigenvalue weighted by atomic mass is 16.5. The molecule has 2 aromatic rings. The Bertz CT molecular complexity index is 709. The number of nitrogens with one attached hydrogen (secondary N) is 1. The molecule has 1 aromatic carbocycles. The average Bonchev–Trinajstić information content (AvgIpc) is 2.55. The molecule has 0 saturated heterocycles. The summed E-state index contributed by atoms with van der Waals surface area (Å²) in [6, 6.07) is 10.4. The van der Waals surface area contributed by atoms with E-state index in [1.807, 2.05) is 0 Å². The first kappa shape index (κ1) is 15.2. The molecule has 22 heavy (non-hydrogen) atoms. The zero-order valence-corrected chi connectivity index (χ0v) is 11.9. The Morgan fingerprint density at radius 1 is 1.27 bits per heavy atom. The van der Waals surface area contributed by atoms with Crippen LogP contribution in [0.4, 0.5) is 0 Å². The lowest BCUT2D eigenvalue weighted by Gasteiger charge is -2.08. The highest BCUT2D eigenvalue weighted by Crippen LogP contribution is 2.21. The van der Waals surface area contributed by atoms with Crippen LogP contribution >= 0.6 is 0 Å². The zero-order chi connectivity index (χ0) is 15.8. The first-order valence-corrected chi connectivity index (χ1v) is 6.51. The van der Waals surface area contributed by atoms with Crippen molar-refractivity contribution in [1.29, 1.82) is 0 Å². The van der Waals surface area contributed by atoms with E-state index >= 15 is 0 Å². The lowest BCUT2D eigenvalue weighted by molar-refractivity contribution is 0.0965. The minimum Gasteiger partial charge on any atom is -0.456 e. The Morgan fingerprint density at radius 2 is 2.09 bits per heavy atom. The SMILES string of the molecule is C=C/C=C(\N=C)NC(=O)c1cccc(Oc2cccnc2)c1. The molecule has 1 heterocycles. The maximum Gasteiger partial charge on any atom is 0.256 e. The van der Waals surface area contributed by atoms with Gasteiger partial charge in [0.25, 0.3) is 5.91 Å². The number of ether oxygens (including phenoxy) is 1. The fraction of sp³-hybridized carbons (Fsp3) is 0. The van der Waals surface area contributed by atoms with Crippen LogP contribution in [0.15, 0.2) is 78.3 Å². The number of nitrogens with zero attached hydrogens (tertiary/aromatic N) is 2. The van der Waals surface area contributed by atoms with Crippen molar-refractivity contribution in [2.75, 3.05) is 0 Å². The third-order valence-electron chi connectivity index (χ3n) is 2.65. The van der Waals surface area contributed by atoms with Crippen LogP contribution < -0.4 is 10.1 Å². The van der Waals surface area contributed by atoms with Gasteiger partial charge >= 0.3 is 0 Å². The van der Waals surface area contributed by atoms with Gasteiger partial charge < -0.3 is 10.1 Å². The highest BCUT2D eigenvalue weighted by Gasteiger charge is 2.08. The Hall–Kier alpha value is -3.21. The lowest BCUT2D eigenvalue weighted by atomic mass is 10.2. The third-order valence-corrected chi connectivity index (χ3v) is 2.65. The number of pyridine rings is 1. The predicted octanol–water partition coefficient (Wildman–Crippen LogP) is 3.33. The molecule has 0 aliphatic rings. The van der Waals surface area contributed by atoms with E-state index in [4.69, 9.17) is 4.74 Å². The molecule has 5 nitrogen and oxygen atoms in total. The number of amides is 1. The molecule has 1 amide bonds. The standard InChI is InChI=1S/C17H15N3O2/c1-3-6-16(18-2)20-17(21)13-7-4-8-14(11-13)22-15-9-5-10-19-12-15/h3-12H,1-2H2,(H,20,21)/b16-6+. The Labute approximate surface area is 128 Å². The van der Waals surface area contributed by atoms with Gasteiger partial charge in [-0.05, 0) is 43.1 Å².